The van der Waals surface area contributed by atoms with E-state index in [9.17, 15) is 9.18 Å². The molecule has 1 heterocycles. The maximum Gasteiger partial charge on any atom is 0.332 e. The lowest BCUT2D eigenvalue weighted by molar-refractivity contribution is -0.148. The molecule has 1 aromatic rings. The highest BCUT2D eigenvalue weighted by atomic mass is 19.1. The minimum absolute atomic E-state index is 0.434. The van der Waals surface area contributed by atoms with Crippen LogP contribution in [0.4, 0.5) is 4.39 Å². The van der Waals surface area contributed by atoms with Crippen molar-refractivity contribution in [3.8, 4) is 0 Å². The van der Waals surface area contributed by atoms with Gasteiger partial charge in [0.1, 0.15) is 5.82 Å². The molecule has 0 aliphatic carbocycles. The fraction of sp³-hybridized carbons (Fsp3) is 0.500. The Hall–Kier alpha value is -1.49. The van der Waals surface area contributed by atoms with Crippen LogP contribution in [0.5, 0.6) is 0 Å². The Morgan fingerprint density at radius 1 is 1.59 bits per heavy atom. The summed E-state index contributed by atoms with van der Waals surface area (Å²) >= 11 is 0. The van der Waals surface area contributed by atoms with Gasteiger partial charge in [0.25, 0.3) is 0 Å². The molecule has 0 radical (unpaired) electrons. The number of nitrogens with one attached hydrogen (secondary N) is 1. The second-order valence-electron chi connectivity index (χ2n) is 3.91. The number of ether oxygens (including phenoxy) is 1. The summed E-state index contributed by atoms with van der Waals surface area (Å²) in [6, 6.07) is 2.76. The van der Waals surface area contributed by atoms with E-state index in [1.807, 2.05) is 6.92 Å². The predicted molar refractivity (Wildman–Crippen MR) is 61.9 cm³/mol. The van der Waals surface area contributed by atoms with Gasteiger partial charge in [-0.2, -0.15) is 0 Å². The molecule has 1 aromatic heterocycles. The highest BCUT2D eigenvalue weighted by Gasteiger charge is 2.37. The largest absolute Gasteiger partial charge is 0.467 e. The standard InChI is InChI=1S/C12H17FN2O2/c1-4-7-15-12(2,11(16)17-3)10-6-5-9(13)8-14-10/h5-6,8,15H,4,7H2,1-3H3. The number of esters is 1. The van der Waals surface area contributed by atoms with Crippen molar-refractivity contribution in [1.82, 2.24) is 10.3 Å². The fourth-order valence-corrected chi connectivity index (χ4v) is 1.52. The molecule has 1 atom stereocenters. The summed E-state index contributed by atoms with van der Waals surface area (Å²) in [6.45, 7) is 4.31. The summed E-state index contributed by atoms with van der Waals surface area (Å²) in [5.74, 6) is -0.874. The van der Waals surface area contributed by atoms with E-state index < -0.39 is 17.3 Å². The van der Waals surface area contributed by atoms with Crippen molar-refractivity contribution in [2.24, 2.45) is 0 Å². The minimum atomic E-state index is -1.04. The zero-order valence-electron chi connectivity index (χ0n) is 10.3. The zero-order valence-corrected chi connectivity index (χ0v) is 10.3. The highest BCUT2D eigenvalue weighted by molar-refractivity contribution is 5.81. The number of aromatic nitrogens is 1. The SMILES string of the molecule is CCCNC(C)(C(=O)OC)c1ccc(F)cn1. The van der Waals surface area contributed by atoms with Gasteiger partial charge in [-0.15, -0.1) is 0 Å². The Bertz CT molecular complexity index is 381. The molecule has 5 heteroatoms. The number of nitrogens with zero attached hydrogens (tertiary/aromatic N) is 1. The molecule has 1 unspecified atom stereocenters. The minimum Gasteiger partial charge on any atom is -0.467 e. The van der Waals surface area contributed by atoms with Gasteiger partial charge in [0, 0.05) is 0 Å². The third-order valence-corrected chi connectivity index (χ3v) is 2.56. The second kappa shape index (κ2) is 5.72. The first-order valence-corrected chi connectivity index (χ1v) is 5.50. The molecule has 94 valence electrons. The lowest BCUT2D eigenvalue weighted by Crippen LogP contribution is -2.48. The first-order chi connectivity index (χ1) is 8.04. The van der Waals surface area contributed by atoms with E-state index in [1.165, 1.54) is 19.2 Å². The fourth-order valence-electron chi connectivity index (χ4n) is 1.52. The average molecular weight is 240 g/mol. The first-order valence-electron chi connectivity index (χ1n) is 5.50. The highest BCUT2D eigenvalue weighted by Crippen LogP contribution is 2.20. The third-order valence-electron chi connectivity index (χ3n) is 2.56. The van der Waals surface area contributed by atoms with E-state index in [4.69, 9.17) is 4.74 Å². The van der Waals surface area contributed by atoms with Crippen LogP contribution in [0.3, 0.4) is 0 Å². The van der Waals surface area contributed by atoms with Crippen molar-refractivity contribution >= 4 is 5.97 Å². The van der Waals surface area contributed by atoms with Crippen molar-refractivity contribution < 1.29 is 13.9 Å². The molecule has 0 saturated heterocycles. The third kappa shape index (κ3) is 3.00. The number of hydrogen-bond acceptors (Lipinski definition) is 4. The van der Waals surface area contributed by atoms with E-state index in [-0.39, 0.29) is 0 Å². The van der Waals surface area contributed by atoms with E-state index >= 15 is 0 Å². The summed E-state index contributed by atoms with van der Waals surface area (Å²) < 4.78 is 17.6. The van der Waals surface area contributed by atoms with Gasteiger partial charge < -0.3 is 4.74 Å². The Morgan fingerprint density at radius 3 is 2.76 bits per heavy atom. The van der Waals surface area contributed by atoms with Gasteiger partial charge in [-0.1, -0.05) is 6.92 Å². The molecule has 0 saturated carbocycles. The van der Waals surface area contributed by atoms with Gasteiger partial charge in [-0.05, 0) is 32.0 Å². The number of carbonyl (C=O) groups is 1. The van der Waals surface area contributed by atoms with Crippen LogP contribution < -0.4 is 5.32 Å². The second-order valence-corrected chi connectivity index (χ2v) is 3.91. The summed E-state index contributed by atoms with van der Waals surface area (Å²) in [5, 5.41) is 3.07. The molecule has 0 spiro atoms. The van der Waals surface area contributed by atoms with E-state index in [0.29, 0.717) is 12.2 Å². The van der Waals surface area contributed by atoms with Crippen LogP contribution >= 0.6 is 0 Å². The lowest BCUT2D eigenvalue weighted by Gasteiger charge is -2.27. The smallest absolute Gasteiger partial charge is 0.332 e. The predicted octanol–water partition coefficient (Wildman–Crippen LogP) is 1.61. The summed E-state index contributed by atoms with van der Waals surface area (Å²) in [5.41, 5.74) is -0.599. The Kier molecular flexibility index (Phi) is 4.57. The maximum absolute atomic E-state index is 12.8. The molecule has 1 N–H and O–H groups in total. The van der Waals surface area contributed by atoms with Gasteiger partial charge in [0.15, 0.2) is 5.54 Å². The van der Waals surface area contributed by atoms with Crippen molar-refractivity contribution in [2.75, 3.05) is 13.7 Å². The molecule has 0 fully saturated rings. The molecule has 17 heavy (non-hydrogen) atoms. The molecular weight excluding hydrogens is 223 g/mol. The normalized spacial score (nSPS) is 14.1. The van der Waals surface area contributed by atoms with Crippen LogP contribution in [-0.4, -0.2) is 24.6 Å². The monoisotopic (exact) mass is 240 g/mol. The molecule has 1 rings (SSSR count). The average Bonchev–Trinajstić information content (AvgIpc) is 2.35. The van der Waals surface area contributed by atoms with E-state index in [0.717, 1.165) is 12.6 Å². The van der Waals surface area contributed by atoms with E-state index in [2.05, 4.69) is 10.3 Å². The molecule has 0 amide bonds. The Morgan fingerprint density at radius 2 is 2.29 bits per heavy atom. The number of rotatable bonds is 5. The van der Waals surface area contributed by atoms with Crippen LogP contribution in [0, 0.1) is 5.82 Å². The van der Waals surface area contributed by atoms with Crippen molar-refractivity contribution in [3.63, 3.8) is 0 Å². The molecular formula is C12H17FN2O2. The lowest BCUT2D eigenvalue weighted by atomic mass is 9.97. The molecule has 0 aliphatic heterocycles. The van der Waals surface area contributed by atoms with Crippen LogP contribution in [-0.2, 0) is 15.1 Å². The van der Waals surface area contributed by atoms with Gasteiger partial charge in [-0.25, -0.2) is 9.18 Å². The Labute approximate surface area is 100 Å². The van der Waals surface area contributed by atoms with Gasteiger partial charge in [-0.3, -0.25) is 10.3 Å². The van der Waals surface area contributed by atoms with Crippen LogP contribution in [0.25, 0.3) is 0 Å². The summed E-state index contributed by atoms with van der Waals surface area (Å²) in [4.78, 5) is 15.7. The molecule has 0 aromatic carbocycles. The number of methoxy groups -OCH3 is 1. The van der Waals surface area contributed by atoms with Crippen molar-refractivity contribution in [2.45, 2.75) is 25.8 Å². The topological polar surface area (TPSA) is 51.2 Å². The zero-order chi connectivity index (χ0) is 12.9. The van der Waals surface area contributed by atoms with Gasteiger partial charge in [0.05, 0.1) is 19.0 Å². The number of halogens is 1. The number of pyridine rings is 1. The quantitative estimate of drug-likeness (QED) is 0.794. The summed E-state index contributed by atoms with van der Waals surface area (Å²) in [7, 11) is 1.32. The Balaban J connectivity index is 3.04. The summed E-state index contributed by atoms with van der Waals surface area (Å²) in [6.07, 6.45) is 1.96. The van der Waals surface area contributed by atoms with Crippen LogP contribution in [0.1, 0.15) is 26.0 Å². The van der Waals surface area contributed by atoms with Crippen molar-refractivity contribution in [3.05, 3.63) is 29.8 Å². The van der Waals surface area contributed by atoms with Crippen LogP contribution in [0.2, 0.25) is 0 Å². The maximum atomic E-state index is 12.8. The number of carbonyl (C=O) groups excluding carboxylic acids is 1. The van der Waals surface area contributed by atoms with Gasteiger partial charge >= 0.3 is 5.97 Å². The molecule has 0 aliphatic rings. The van der Waals surface area contributed by atoms with Crippen LogP contribution in [0.15, 0.2) is 18.3 Å². The molecule has 4 nitrogen and oxygen atoms in total. The first kappa shape index (κ1) is 13.6. The van der Waals surface area contributed by atoms with Crippen molar-refractivity contribution in [1.29, 1.82) is 0 Å². The van der Waals surface area contributed by atoms with E-state index in [1.54, 1.807) is 6.92 Å². The molecule has 0 bridgehead atoms. The van der Waals surface area contributed by atoms with Gasteiger partial charge in [0.2, 0.25) is 0 Å². The number of hydrogen-bond donors (Lipinski definition) is 1.